The summed E-state index contributed by atoms with van der Waals surface area (Å²) in [5.74, 6) is 0.239. The second-order valence-electron chi connectivity index (χ2n) is 4.56. The first-order valence-electron chi connectivity index (χ1n) is 5.88. The van der Waals surface area contributed by atoms with Crippen LogP contribution >= 0.6 is 15.9 Å². The van der Waals surface area contributed by atoms with Crippen molar-refractivity contribution in [3.05, 3.63) is 28.0 Å². The molecule has 94 valence electrons. The van der Waals surface area contributed by atoms with Crippen LogP contribution in [0.15, 0.2) is 16.6 Å². The number of halogens is 2. The van der Waals surface area contributed by atoms with Crippen molar-refractivity contribution in [3.8, 4) is 5.75 Å². The fourth-order valence-electron chi connectivity index (χ4n) is 1.82. The molecule has 1 saturated carbocycles. The van der Waals surface area contributed by atoms with Crippen LogP contribution in [0.3, 0.4) is 0 Å². The highest BCUT2D eigenvalue weighted by Crippen LogP contribution is 2.37. The lowest BCUT2D eigenvalue weighted by Gasteiger charge is -2.29. The number of ether oxygens (including phenoxy) is 1. The van der Waals surface area contributed by atoms with E-state index in [1.807, 2.05) is 6.92 Å². The summed E-state index contributed by atoms with van der Waals surface area (Å²) >= 11 is 3.33. The van der Waals surface area contributed by atoms with Crippen molar-refractivity contribution in [2.24, 2.45) is 0 Å². The molecule has 2 nitrogen and oxygen atoms in total. The van der Waals surface area contributed by atoms with Gasteiger partial charge in [-0.3, -0.25) is 0 Å². The molecular formula is C13H16BrFO2. The molecule has 0 aromatic heterocycles. The third-order valence-electron chi connectivity index (χ3n) is 3.18. The lowest BCUT2D eigenvalue weighted by Crippen LogP contribution is -2.25. The van der Waals surface area contributed by atoms with E-state index in [-0.39, 0.29) is 24.4 Å². The Morgan fingerprint density at radius 1 is 1.53 bits per heavy atom. The van der Waals surface area contributed by atoms with Gasteiger partial charge in [-0.05, 0) is 47.3 Å². The summed E-state index contributed by atoms with van der Waals surface area (Å²) in [6, 6.07) is 2.85. The van der Waals surface area contributed by atoms with Crippen molar-refractivity contribution >= 4 is 15.9 Å². The van der Waals surface area contributed by atoms with Crippen LogP contribution in [-0.4, -0.2) is 17.8 Å². The molecule has 0 radical (unpaired) electrons. The van der Waals surface area contributed by atoms with Crippen LogP contribution in [-0.2, 0) is 0 Å². The second kappa shape index (κ2) is 5.36. The Bertz CT molecular complexity index is 405. The van der Waals surface area contributed by atoms with Gasteiger partial charge in [0.05, 0.1) is 10.6 Å². The first-order chi connectivity index (χ1) is 8.11. The summed E-state index contributed by atoms with van der Waals surface area (Å²) in [5, 5.41) is 9.21. The molecule has 1 aromatic rings. The SMILES string of the molecule is CC(CO)c1cc(F)cc(Br)c1OC1CCC1. The highest BCUT2D eigenvalue weighted by Gasteiger charge is 2.23. The topological polar surface area (TPSA) is 29.5 Å². The summed E-state index contributed by atoms with van der Waals surface area (Å²) in [6.45, 7) is 1.84. The maximum absolute atomic E-state index is 13.4. The van der Waals surface area contributed by atoms with E-state index in [4.69, 9.17) is 4.74 Å². The number of aliphatic hydroxyl groups excluding tert-OH is 1. The predicted octanol–water partition coefficient (Wildman–Crippen LogP) is 3.62. The van der Waals surface area contributed by atoms with E-state index in [0.29, 0.717) is 10.2 Å². The molecule has 4 heteroatoms. The highest BCUT2D eigenvalue weighted by molar-refractivity contribution is 9.10. The van der Waals surface area contributed by atoms with Gasteiger partial charge in [-0.2, -0.15) is 0 Å². The van der Waals surface area contributed by atoms with Crippen molar-refractivity contribution in [2.75, 3.05) is 6.61 Å². The number of hydrogen-bond donors (Lipinski definition) is 1. The molecule has 1 aliphatic carbocycles. The van der Waals surface area contributed by atoms with Crippen molar-refractivity contribution < 1.29 is 14.2 Å². The maximum atomic E-state index is 13.4. The Morgan fingerprint density at radius 2 is 2.24 bits per heavy atom. The van der Waals surface area contributed by atoms with Crippen LogP contribution in [0.1, 0.15) is 37.7 Å². The lowest BCUT2D eigenvalue weighted by molar-refractivity contribution is 0.116. The first kappa shape index (κ1) is 12.8. The molecule has 0 saturated heterocycles. The summed E-state index contributed by atoms with van der Waals surface area (Å²) in [7, 11) is 0. The van der Waals surface area contributed by atoms with Gasteiger partial charge in [-0.15, -0.1) is 0 Å². The average Bonchev–Trinajstić information content (AvgIpc) is 2.23. The molecule has 0 amide bonds. The zero-order chi connectivity index (χ0) is 12.4. The fraction of sp³-hybridized carbons (Fsp3) is 0.538. The van der Waals surface area contributed by atoms with E-state index < -0.39 is 0 Å². The Balaban J connectivity index is 2.31. The molecule has 0 heterocycles. The molecule has 17 heavy (non-hydrogen) atoms. The molecule has 0 spiro atoms. The second-order valence-corrected chi connectivity index (χ2v) is 5.41. The van der Waals surface area contributed by atoms with E-state index in [1.165, 1.54) is 18.6 Å². The van der Waals surface area contributed by atoms with Crippen LogP contribution in [0.25, 0.3) is 0 Å². The standard InChI is InChI=1S/C13H16BrFO2/c1-8(7-16)11-5-9(15)6-12(14)13(11)17-10-3-2-4-10/h5-6,8,10,16H,2-4,7H2,1H3. The number of rotatable bonds is 4. The molecular weight excluding hydrogens is 287 g/mol. The largest absolute Gasteiger partial charge is 0.489 e. The van der Waals surface area contributed by atoms with E-state index in [1.54, 1.807) is 0 Å². The predicted molar refractivity (Wildman–Crippen MR) is 67.9 cm³/mol. The van der Waals surface area contributed by atoms with Gasteiger partial charge in [0, 0.05) is 18.1 Å². The fourth-order valence-corrected chi connectivity index (χ4v) is 2.37. The van der Waals surface area contributed by atoms with Crippen LogP contribution in [0, 0.1) is 5.82 Å². The molecule has 1 N–H and O–H groups in total. The zero-order valence-electron chi connectivity index (χ0n) is 9.75. The summed E-state index contributed by atoms with van der Waals surface area (Å²) in [6.07, 6.45) is 3.53. The van der Waals surface area contributed by atoms with Crippen LogP contribution in [0.5, 0.6) is 5.75 Å². The smallest absolute Gasteiger partial charge is 0.137 e. The van der Waals surface area contributed by atoms with Gasteiger partial charge in [0.25, 0.3) is 0 Å². The van der Waals surface area contributed by atoms with Gasteiger partial charge in [-0.25, -0.2) is 4.39 Å². The van der Waals surface area contributed by atoms with E-state index in [0.717, 1.165) is 18.4 Å². The molecule has 1 unspecified atom stereocenters. The first-order valence-corrected chi connectivity index (χ1v) is 6.67. The molecule has 1 fully saturated rings. The lowest BCUT2D eigenvalue weighted by atomic mass is 9.95. The Labute approximate surface area is 109 Å². The zero-order valence-corrected chi connectivity index (χ0v) is 11.3. The Hall–Kier alpha value is -0.610. The molecule has 1 atom stereocenters. The van der Waals surface area contributed by atoms with Gasteiger partial charge < -0.3 is 9.84 Å². The van der Waals surface area contributed by atoms with E-state index >= 15 is 0 Å². The van der Waals surface area contributed by atoms with Crippen molar-refractivity contribution in [1.29, 1.82) is 0 Å². The van der Waals surface area contributed by atoms with E-state index in [9.17, 15) is 9.50 Å². The number of benzene rings is 1. The Kier molecular flexibility index (Phi) is 4.05. The molecule has 2 rings (SSSR count). The average molecular weight is 303 g/mol. The van der Waals surface area contributed by atoms with Crippen molar-refractivity contribution in [1.82, 2.24) is 0 Å². The normalized spacial score (nSPS) is 17.6. The highest BCUT2D eigenvalue weighted by atomic mass is 79.9. The van der Waals surface area contributed by atoms with Gasteiger partial charge in [0.15, 0.2) is 0 Å². The minimum absolute atomic E-state index is 0.0169. The van der Waals surface area contributed by atoms with Gasteiger partial charge in [0.2, 0.25) is 0 Å². The molecule has 0 bridgehead atoms. The number of hydrogen-bond acceptors (Lipinski definition) is 2. The number of aliphatic hydroxyl groups is 1. The minimum atomic E-state index is -0.312. The molecule has 1 aromatic carbocycles. The monoisotopic (exact) mass is 302 g/mol. The van der Waals surface area contributed by atoms with Gasteiger partial charge in [-0.1, -0.05) is 6.92 Å². The third-order valence-corrected chi connectivity index (χ3v) is 3.77. The van der Waals surface area contributed by atoms with Crippen molar-refractivity contribution in [3.63, 3.8) is 0 Å². The maximum Gasteiger partial charge on any atom is 0.137 e. The van der Waals surface area contributed by atoms with Crippen LogP contribution < -0.4 is 4.74 Å². The summed E-state index contributed by atoms with van der Waals surface area (Å²) in [4.78, 5) is 0. The summed E-state index contributed by atoms with van der Waals surface area (Å²) < 4.78 is 19.9. The molecule has 1 aliphatic rings. The van der Waals surface area contributed by atoms with Gasteiger partial charge in [0.1, 0.15) is 11.6 Å². The minimum Gasteiger partial charge on any atom is -0.489 e. The molecule has 0 aliphatic heterocycles. The van der Waals surface area contributed by atoms with Crippen LogP contribution in [0.2, 0.25) is 0 Å². The van der Waals surface area contributed by atoms with Gasteiger partial charge >= 0.3 is 0 Å². The van der Waals surface area contributed by atoms with Crippen molar-refractivity contribution in [2.45, 2.75) is 38.2 Å². The quantitative estimate of drug-likeness (QED) is 0.920. The Morgan fingerprint density at radius 3 is 2.76 bits per heavy atom. The third kappa shape index (κ3) is 2.80. The van der Waals surface area contributed by atoms with Crippen LogP contribution in [0.4, 0.5) is 4.39 Å². The van der Waals surface area contributed by atoms with E-state index in [2.05, 4.69) is 15.9 Å². The summed E-state index contributed by atoms with van der Waals surface area (Å²) in [5.41, 5.74) is 0.728.